The Labute approximate surface area is 153 Å². The van der Waals surface area contributed by atoms with Gasteiger partial charge in [-0.1, -0.05) is 17.3 Å². The van der Waals surface area contributed by atoms with Crippen molar-refractivity contribution in [2.75, 3.05) is 26.2 Å². The molecule has 1 atom stereocenters. The van der Waals surface area contributed by atoms with E-state index in [4.69, 9.17) is 4.52 Å². The van der Waals surface area contributed by atoms with Crippen LogP contribution in [0.4, 0.5) is 4.39 Å². The van der Waals surface area contributed by atoms with Crippen LogP contribution in [0, 0.1) is 12.7 Å². The Morgan fingerprint density at radius 3 is 3.00 bits per heavy atom. The Balaban J connectivity index is 1.58. The quantitative estimate of drug-likeness (QED) is 0.793. The van der Waals surface area contributed by atoms with Crippen molar-refractivity contribution in [1.82, 2.24) is 19.9 Å². The molecule has 1 unspecified atom stereocenters. The molecule has 6 nitrogen and oxygen atoms in total. The highest BCUT2D eigenvalue weighted by Crippen LogP contribution is 2.25. The van der Waals surface area contributed by atoms with Gasteiger partial charge in [0, 0.05) is 19.6 Å². The summed E-state index contributed by atoms with van der Waals surface area (Å²) in [5.41, 5.74) is 0.804. The van der Waals surface area contributed by atoms with Gasteiger partial charge in [-0.2, -0.15) is 4.98 Å². The molecule has 2 heterocycles. The number of piperidine rings is 1. The van der Waals surface area contributed by atoms with Crippen molar-refractivity contribution in [3.05, 3.63) is 47.4 Å². The number of nitrogens with zero attached hydrogens (tertiary/aromatic N) is 4. The summed E-state index contributed by atoms with van der Waals surface area (Å²) in [6.45, 7) is 6.74. The summed E-state index contributed by atoms with van der Waals surface area (Å²) in [7, 11) is 0. The van der Waals surface area contributed by atoms with Crippen LogP contribution in [0.15, 0.2) is 28.8 Å². The fourth-order valence-electron chi connectivity index (χ4n) is 3.40. The van der Waals surface area contributed by atoms with E-state index in [0.717, 1.165) is 31.5 Å². The molecule has 1 aromatic heterocycles. The first-order valence-electron chi connectivity index (χ1n) is 9.10. The van der Waals surface area contributed by atoms with Gasteiger partial charge in [-0.15, -0.1) is 0 Å². The van der Waals surface area contributed by atoms with Crippen molar-refractivity contribution in [2.45, 2.75) is 39.2 Å². The Bertz CT molecular complexity index is 749. The van der Waals surface area contributed by atoms with Gasteiger partial charge >= 0.3 is 0 Å². The van der Waals surface area contributed by atoms with E-state index in [1.54, 1.807) is 11.0 Å². The lowest BCUT2D eigenvalue weighted by Gasteiger charge is -2.32. The number of likely N-dealkylation sites (N-methyl/N-ethyl adjacent to an activating group) is 1. The van der Waals surface area contributed by atoms with Crippen LogP contribution in [0.25, 0.3) is 0 Å². The number of hydrogen-bond donors (Lipinski definition) is 0. The molecule has 3 rings (SSSR count). The van der Waals surface area contributed by atoms with Crippen LogP contribution in [0.5, 0.6) is 0 Å². The van der Waals surface area contributed by atoms with E-state index in [9.17, 15) is 9.18 Å². The lowest BCUT2D eigenvalue weighted by Crippen LogP contribution is -2.43. The molecule has 140 valence electrons. The van der Waals surface area contributed by atoms with E-state index in [1.165, 1.54) is 12.1 Å². The minimum Gasteiger partial charge on any atom is -0.339 e. The van der Waals surface area contributed by atoms with Crippen molar-refractivity contribution in [3.63, 3.8) is 0 Å². The monoisotopic (exact) mass is 360 g/mol. The third kappa shape index (κ3) is 4.66. The summed E-state index contributed by atoms with van der Waals surface area (Å²) in [4.78, 5) is 20.9. The maximum atomic E-state index is 13.4. The molecule has 0 N–H and O–H groups in total. The van der Waals surface area contributed by atoms with Gasteiger partial charge in [-0.25, -0.2) is 4.39 Å². The zero-order valence-electron chi connectivity index (χ0n) is 15.3. The molecule has 1 fully saturated rings. The second-order valence-corrected chi connectivity index (χ2v) is 6.79. The molecule has 0 radical (unpaired) electrons. The topological polar surface area (TPSA) is 62.5 Å². The van der Waals surface area contributed by atoms with Crippen LogP contribution in [-0.2, 0) is 11.3 Å². The highest BCUT2D eigenvalue weighted by molar-refractivity contribution is 5.78. The first-order valence-corrected chi connectivity index (χ1v) is 9.10. The number of benzene rings is 1. The molecular weight excluding hydrogens is 335 g/mol. The van der Waals surface area contributed by atoms with Crippen molar-refractivity contribution < 1.29 is 13.7 Å². The summed E-state index contributed by atoms with van der Waals surface area (Å²) >= 11 is 0. The molecule has 26 heavy (non-hydrogen) atoms. The first kappa shape index (κ1) is 18.5. The average molecular weight is 360 g/mol. The second kappa shape index (κ2) is 8.40. The number of halogens is 1. The minimum absolute atomic E-state index is 0.0547. The van der Waals surface area contributed by atoms with E-state index >= 15 is 0 Å². The van der Waals surface area contributed by atoms with Gasteiger partial charge in [-0.3, -0.25) is 9.69 Å². The molecule has 0 spiro atoms. The van der Waals surface area contributed by atoms with Gasteiger partial charge in [0.25, 0.3) is 0 Å². The van der Waals surface area contributed by atoms with Gasteiger partial charge in [0.05, 0.1) is 12.5 Å². The summed E-state index contributed by atoms with van der Waals surface area (Å²) in [6, 6.07) is 6.40. The SMILES string of the molecule is CCN(Cc1cccc(F)c1)C(=O)CN1CCCC(c2nc(C)no2)C1. The normalized spacial score (nSPS) is 18.0. The predicted octanol–water partition coefficient (Wildman–Crippen LogP) is 2.75. The van der Waals surface area contributed by atoms with Gasteiger partial charge < -0.3 is 9.42 Å². The minimum atomic E-state index is -0.278. The van der Waals surface area contributed by atoms with Crippen LogP contribution in [-0.4, -0.2) is 52.0 Å². The van der Waals surface area contributed by atoms with Crippen LogP contribution >= 0.6 is 0 Å². The molecule has 0 saturated carbocycles. The van der Waals surface area contributed by atoms with Crippen molar-refractivity contribution in [3.8, 4) is 0 Å². The molecular formula is C19H25FN4O2. The maximum absolute atomic E-state index is 13.4. The van der Waals surface area contributed by atoms with E-state index in [2.05, 4.69) is 15.0 Å². The van der Waals surface area contributed by atoms with Crippen LogP contribution in [0.2, 0.25) is 0 Å². The number of carbonyl (C=O) groups is 1. The largest absolute Gasteiger partial charge is 0.339 e. The number of aromatic nitrogens is 2. The third-order valence-electron chi connectivity index (χ3n) is 4.75. The summed E-state index contributed by atoms with van der Waals surface area (Å²) < 4.78 is 18.7. The summed E-state index contributed by atoms with van der Waals surface area (Å²) in [5.74, 6) is 1.25. The molecule has 1 saturated heterocycles. The summed E-state index contributed by atoms with van der Waals surface area (Å²) in [6.07, 6.45) is 1.99. The molecule has 7 heteroatoms. The van der Waals surface area contributed by atoms with Crippen molar-refractivity contribution >= 4 is 5.91 Å². The number of hydrogen-bond acceptors (Lipinski definition) is 5. The lowest BCUT2D eigenvalue weighted by atomic mass is 9.98. The highest BCUT2D eigenvalue weighted by Gasteiger charge is 2.27. The molecule has 0 bridgehead atoms. The summed E-state index contributed by atoms with van der Waals surface area (Å²) in [5, 5.41) is 3.86. The number of aryl methyl sites for hydroxylation is 1. The molecule has 1 aliphatic heterocycles. The Hall–Kier alpha value is -2.28. The fourth-order valence-corrected chi connectivity index (χ4v) is 3.40. The van der Waals surface area contributed by atoms with Crippen molar-refractivity contribution in [2.24, 2.45) is 0 Å². The number of rotatable bonds is 6. The molecule has 1 aromatic carbocycles. The van der Waals surface area contributed by atoms with E-state index in [0.29, 0.717) is 31.3 Å². The Kier molecular flexibility index (Phi) is 5.98. The average Bonchev–Trinajstić information content (AvgIpc) is 3.06. The predicted molar refractivity (Wildman–Crippen MR) is 94.9 cm³/mol. The zero-order valence-corrected chi connectivity index (χ0v) is 15.3. The standard InChI is InChI=1S/C19H25FN4O2/c1-3-24(11-15-6-4-8-17(20)10-15)18(25)13-23-9-5-7-16(12-23)19-21-14(2)22-26-19/h4,6,8,10,16H,3,5,7,9,11-13H2,1-2H3. The highest BCUT2D eigenvalue weighted by atomic mass is 19.1. The third-order valence-corrected chi connectivity index (χ3v) is 4.75. The van der Waals surface area contributed by atoms with Crippen LogP contribution in [0.3, 0.4) is 0 Å². The van der Waals surface area contributed by atoms with Gasteiger partial charge in [0.15, 0.2) is 5.82 Å². The fraction of sp³-hybridized carbons (Fsp3) is 0.526. The van der Waals surface area contributed by atoms with E-state index in [1.807, 2.05) is 19.9 Å². The van der Waals surface area contributed by atoms with E-state index in [-0.39, 0.29) is 17.6 Å². The smallest absolute Gasteiger partial charge is 0.237 e. The molecule has 1 amide bonds. The number of likely N-dealkylation sites (tertiary alicyclic amines) is 1. The lowest BCUT2D eigenvalue weighted by molar-refractivity contribution is -0.133. The Morgan fingerprint density at radius 2 is 2.31 bits per heavy atom. The van der Waals surface area contributed by atoms with Crippen LogP contribution in [0.1, 0.15) is 43.0 Å². The van der Waals surface area contributed by atoms with Crippen molar-refractivity contribution in [1.29, 1.82) is 0 Å². The zero-order chi connectivity index (χ0) is 18.5. The van der Waals surface area contributed by atoms with Gasteiger partial charge in [0.2, 0.25) is 11.8 Å². The maximum Gasteiger partial charge on any atom is 0.237 e. The van der Waals surface area contributed by atoms with Gasteiger partial charge in [-0.05, 0) is 50.9 Å². The second-order valence-electron chi connectivity index (χ2n) is 6.79. The first-order chi connectivity index (χ1) is 12.5. The van der Waals surface area contributed by atoms with E-state index < -0.39 is 0 Å². The molecule has 0 aliphatic carbocycles. The van der Waals surface area contributed by atoms with Gasteiger partial charge in [0.1, 0.15) is 5.82 Å². The number of amides is 1. The molecule has 2 aromatic rings. The number of carbonyl (C=O) groups excluding carboxylic acids is 1. The van der Waals surface area contributed by atoms with Crippen LogP contribution < -0.4 is 0 Å². The Morgan fingerprint density at radius 1 is 1.46 bits per heavy atom. The molecule has 1 aliphatic rings.